The summed E-state index contributed by atoms with van der Waals surface area (Å²) in [4.78, 5) is 17.8. The Morgan fingerprint density at radius 3 is 2.58 bits per heavy atom. The first-order valence-electron chi connectivity index (χ1n) is 13.0. The third kappa shape index (κ3) is 4.76. The summed E-state index contributed by atoms with van der Waals surface area (Å²) in [6, 6.07) is 18.5. The van der Waals surface area contributed by atoms with Crippen molar-refractivity contribution in [3.05, 3.63) is 89.9 Å². The van der Waals surface area contributed by atoms with Crippen LogP contribution in [-0.4, -0.2) is 73.1 Å². The number of aliphatic hydroxyl groups excluding tert-OH is 4. The highest BCUT2D eigenvalue weighted by atomic mass is 16.6. The SMILES string of the molecule is Cc1cnc(-c2ccc3c(C(=O)N[C@H]4C(O)O[C@H](CO)[C@@H](O)[C@@H]4O)cn(Cc4ccc5ccccc5c4)c3c2)o1. The number of hydrogen-bond donors (Lipinski definition) is 5. The maximum atomic E-state index is 13.5. The van der Waals surface area contributed by atoms with E-state index in [1.54, 1.807) is 18.5 Å². The number of nitrogens with one attached hydrogen (secondary N) is 1. The summed E-state index contributed by atoms with van der Waals surface area (Å²) in [6.07, 6.45) is -2.46. The van der Waals surface area contributed by atoms with Gasteiger partial charge in [0.1, 0.15) is 30.1 Å². The first kappa shape index (κ1) is 26.2. The first-order valence-corrected chi connectivity index (χ1v) is 13.0. The van der Waals surface area contributed by atoms with Gasteiger partial charge in [0.05, 0.1) is 18.4 Å². The summed E-state index contributed by atoms with van der Waals surface area (Å²) in [6.45, 7) is 1.69. The van der Waals surface area contributed by atoms with Crippen LogP contribution >= 0.6 is 0 Å². The summed E-state index contributed by atoms with van der Waals surface area (Å²) >= 11 is 0. The fourth-order valence-electron chi connectivity index (χ4n) is 5.24. The minimum Gasteiger partial charge on any atom is -0.441 e. The highest BCUT2D eigenvalue weighted by molar-refractivity contribution is 6.07. The molecule has 5 aromatic rings. The molecule has 2 aromatic heterocycles. The summed E-state index contributed by atoms with van der Waals surface area (Å²) in [5.41, 5.74) is 2.84. The van der Waals surface area contributed by atoms with Gasteiger partial charge in [0.15, 0.2) is 6.29 Å². The number of aliphatic hydroxyl groups is 4. The third-order valence-electron chi connectivity index (χ3n) is 7.36. The van der Waals surface area contributed by atoms with Crippen LogP contribution in [-0.2, 0) is 11.3 Å². The number of rotatable bonds is 6. The lowest BCUT2D eigenvalue weighted by molar-refractivity contribution is -0.252. The van der Waals surface area contributed by atoms with Crippen molar-refractivity contribution in [3.8, 4) is 11.5 Å². The number of benzene rings is 3. The van der Waals surface area contributed by atoms with Crippen molar-refractivity contribution in [2.24, 2.45) is 0 Å². The zero-order chi connectivity index (χ0) is 28.0. The molecule has 0 bridgehead atoms. The van der Waals surface area contributed by atoms with Crippen LogP contribution < -0.4 is 5.32 Å². The third-order valence-corrected chi connectivity index (χ3v) is 7.36. The van der Waals surface area contributed by atoms with Crippen LogP contribution in [0.25, 0.3) is 33.1 Å². The van der Waals surface area contributed by atoms with E-state index >= 15 is 0 Å². The van der Waals surface area contributed by atoms with Crippen molar-refractivity contribution in [1.82, 2.24) is 14.9 Å². The van der Waals surface area contributed by atoms with Gasteiger partial charge in [-0.05, 0) is 41.5 Å². The lowest BCUT2D eigenvalue weighted by Gasteiger charge is -2.40. The number of nitrogens with zero attached hydrogens (tertiary/aromatic N) is 2. The summed E-state index contributed by atoms with van der Waals surface area (Å²) in [5.74, 6) is 0.573. The van der Waals surface area contributed by atoms with E-state index in [2.05, 4.69) is 28.5 Å². The predicted octanol–water partition coefficient (Wildman–Crippen LogP) is 2.34. The van der Waals surface area contributed by atoms with Gasteiger partial charge in [-0.2, -0.15) is 0 Å². The normalized spacial score (nSPS) is 23.1. The molecule has 10 nitrogen and oxygen atoms in total. The standard InChI is InChI=1S/C30H29N3O7/c1-16-12-31-29(39-16)20-8-9-21-22(28(37)32-25-27(36)26(35)24(15-34)40-30(25)38)14-33(23(21)11-20)13-17-6-7-18-4-2-3-5-19(18)10-17/h2-12,14,24-27,30,34-36,38H,13,15H2,1H3,(H,32,37)/t24-,25-,26-,27-,30?/m1/s1. The molecule has 6 rings (SSSR count). The predicted molar refractivity (Wildman–Crippen MR) is 146 cm³/mol. The van der Waals surface area contributed by atoms with Crippen LogP contribution in [0.15, 0.2) is 77.5 Å². The average molecular weight is 544 g/mol. The van der Waals surface area contributed by atoms with Crippen LogP contribution in [0.5, 0.6) is 0 Å². The van der Waals surface area contributed by atoms with Crippen LogP contribution in [0.1, 0.15) is 21.7 Å². The molecule has 1 amide bonds. The Morgan fingerprint density at radius 1 is 1.02 bits per heavy atom. The summed E-state index contributed by atoms with van der Waals surface area (Å²) in [5, 5.41) is 46.0. The number of aromatic nitrogens is 2. The lowest BCUT2D eigenvalue weighted by Crippen LogP contribution is -2.64. The molecule has 1 saturated heterocycles. The number of fused-ring (bicyclic) bond motifs is 2. The first-order chi connectivity index (χ1) is 19.3. The second-order valence-corrected chi connectivity index (χ2v) is 10.1. The highest BCUT2D eigenvalue weighted by Gasteiger charge is 2.44. The van der Waals surface area contributed by atoms with Crippen molar-refractivity contribution < 1.29 is 34.4 Å². The maximum absolute atomic E-state index is 13.5. The Morgan fingerprint density at radius 2 is 1.82 bits per heavy atom. The number of hydrogen-bond acceptors (Lipinski definition) is 8. The zero-order valence-electron chi connectivity index (χ0n) is 21.6. The Hall–Kier alpha value is -4.06. The molecule has 1 unspecified atom stereocenters. The summed E-state index contributed by atoms with van der Waals surface area (Å²) < 4.78 is 12.9. The molecule has 1 aliphatic rings. The van der Waals surface area contributed by atoms with E-state index in [9.17, 15) is 25.2 Å². The van der Waals surface area contributed by atoms with Gasteiger partial charge in [-0.3, -0.25) is 4.79 Å². The van der Waals surface area contributed by atoms with E-state index in [0.717, 1.165) is 27.4 Å². The fraction of sp³-hybridized carbons (Fsp3) is 0.267. The van der Waals surface area contributed by atoms with Crippen molar-refractivity contribution in [2.45, 2.75) is 44.1 Å². The Kier molecular flexibility index (Phi) is 6.87. The number of carbonyl (C=O) groups is 1. The van der Waals surface area contributed by atoms with Gasteiger partial charge in [0.2, 0.25) is 5.89 Å². The van der Waals surface area contributed by atoms with Gasteiger partial charge in [0.25, 0.3) is 5.91 Å². The van der Waals surface area contributed by atoms with Crippen LogP contribution in [0.2, 0.25) is 0 Å². The van der Waals surface area contributed by atoms with Gasteiger partial charge in [-0.1, -0.05) is 42.5 Å². The van der Waals surface area contributed by atoms with Gasteiger partial charge < -0.3 is 39.5 Å². The topological polar surface area (TPSA) is 150 Å². The van der Waals surface area contributed by atoms with Crippen molar-refractivity contribution in [2.75, 3.05) is 6.61 Å². The number of ether oxygens (including phenoxy) is 1. The molecular weight excluding hydrogens is 514 g/mol. The molecule has 5 N–H and O–H groups in total. The van der Waals surface area contributed by atoms with Gasteiger partial charge in [-0.15, -0.1) is 0 Å². The van der Waals surface area contributed by atoms with Gasteiger partial charge >= 0.3 is 0 Å². The van der Waals surface area contributed by atoms with E-state index < -0.39 is 43.2 Å². The lowest BCUT2D eigenvalue weighted by atomic mass is 9.96. The van der Waals surface area contributed by atoms with Crippen LogP contribution in [0, 0.1) is 6.92 Å². The van der Waals surface area contributed by atoms with Crippen molar-refractivity contribution in [3.63, 3.8) is 0 Å². The molecule has 3 aromatic carbocycles. The number of aryl methyl sites for hydroxylation is 1. The Bertz CT molecular complexity index is 1690. The van der Waals surface area contributed by atoms with Crippen LogP contribution in [0.3, 0.4) is 0 Å². The molecule has 0 saturated carbocycles. The number of oxazole rings is 1. The molecule has 40 heavy (non-hydrogen) atoms. The zero-order valence-corrected chi connectivity index (χ0v) is 21.6. The molecular formula is C30H29N3O7. The number of carbonyl (C=O) groups excluding carboxylic acids is 1. The molecule has 10 heteroatoms. The monoisotopic (exact) mass is 543 g/mol. The van der Waals surface area contributed by atoms with E-state index in [-0.39, 0.29) is 0 Å². The van der Waals surface area contributed by atoms with Crippen LogP contribution in [0.4, 0.5) is 0 Å². The number of amides is 1. The Balaban J connectivity index is 1.38. The molecule has 206 valence electrons. The average Bonchev–Trinajstić information content (AvgIpc) is 3.56. The molecule has 1 fully saturated rings. The molecule has 3 heterocycles. The Labute approximate surface area is 229 Å². The molecule has 5 atom stereocenters. The second-order valence-electron chi connectivity index (χ2n) is 10.1. The maximum Gasteiger partial charge on any atom is 0.253 e. The van der Waals surface area contributed by atoms with E-state index in [1.807, 2.05) is 47.9 Å². The molecule has 1 aliphatic heterocycles. The van der Waals surface area contributed by atoms with Crippen molar-refractivity contribution in [1.29, 1.82) is 0 Å². The fourth-order valence-corrected chi connectivity index (χ4v) is 5.24. The van der Waals surface area contributed by atoms with E-state index in [0.29, 0.717) is 29.1 Å². The summed E-state index contributed by atoms with van der Waals surface area (Å²) in [7, 11) is 0. The van der Waals surface area contributed by atoms with Gasteiger partial charge in [0, 0.05) is 29.2 Å². The molecule has 0 radical (unpaired) electrons. The quantitative estimate of drug-likeness (QED) is 0.219. The minimum absolute atomic E-state index is 0.309. The smallest absolute Gasteiger partial charge is 0.253 e. The largest absolute Gasteiger partial charge is 0.441 e. The van der Waals surface area contributed by atoms with E-state index in [1.165, 1.54) is 0 Å². The molecule has 0 spiro atoms. The molecule has 0 aliphatic carbocycles. The van der Waals surface area contributed by atoms with E-state index in [4.69, 9.17) is 9.15 Å². The van der Waals surface area contributed by atoms with Crippen molar-refractivity contribution >= 4 is 27.6 Å². The van der Waals surface area contributed by atoms with Gasteiger partial charge in [-0.25, -0.2) is 4.98 Å². The minimum atomic E-state index is -1.62. The highest BCUT2D eigenvalue weighted by Crippen LogP contribution is 2.30. The second kappa shape index (κ2) is 10.5.